The highest BCUT2D eigenvalue weighted by Crippen LogP contribution is 2.21. The van der Waals surface area contributed by atoms with Crippen LogP contribution in [0.4, 0.5) is 21.6 Å². The molecule has 0 unspecified atom stereocenters. The fourth-order valence-electron chi connectivity index (χ4n) is 1.22. The molecule has 0 amide bonds. The number of pyridine rings is 1. The smallest absolute Gasteiger partial charge is 0.143 e. The van der Waals surface area contributed by atoms with Crippen molar-refractivity contribution < 1.29 is 4.39 Å². The largest absolute Gasteiger partial charge is 0.384 e. The van der Waals surface area contributed by atoms with E-state index in [1.165, 1.54) is 12.1 Å². The highest BCUT2D eigenvalue weighted by atomic mass is 35.5. The number of nitrogens with two attached hydrogens (primary N) is 1. The quantitative estimate of drug-likeness (QED) is 0.843. The molecule has 2 rings (SSSR count). The molecule has 16 heavy (non-hydrogen) atoms. The van der Waals surface area contributed by atoms with Crippen molar-refractivity contribution in [1.82, 2.24) is 4.98 Å². The van der Waals surface area contributed by atoms with Crippen LogP contribution < -0.4 is 11.1 Å². The van der Waals surface area contributed by atoms with E-state index in [2.05, 4.69) is 10.3 Å². The number of aromatic nitrogens is 1. The van der Waals surface area contributed by atoms with Gasteiger partial charge in [-0.2, -0.15) is 0 Å². The second-order valence-electron chi connectivity index (χ2n) is 3.23. The van der Waals surface area contributed by atoms with Crippen LogP contribution in [-0.2, 0) is 0 Å². The molecule has 82 valence electrons. The molecule has 0 aliphatic rings. The van der Waals surface area contributed by atoms with Crippen molar-refractivity contribution in [2.75, 3.05) is 11.1 Å². The van der Waals surface area contributed by atoms with Gasteiger partial charge in [-0.15, -0.1) is 0 Å². The lowest BCUT2D eigenvalue weighted by Crippen LogP contribution is -1.94. The monoisotopic (exact) mass is 237 g/mol. The third-order valence-electron chi connectivity index (χ3n) is 1.99. The molecule has 0 aliphatic heterocycles. The van der Waals surface area contributed by atoms with Gasteiger partial charge in [0, 0.05) is 5.69 Å². The van der Waals surface area contributed by atoms with Crippen molar-refractivity contribution in [3.63, 3.8) is 0 Å². The molecule has 3 nitrogen and oxygen atoms in total. The fraction of sp³-hybridized carbons (Fsp3) is 0. The summed E-state index contributed by atoms with van der Waals surface area (Å²) in [6.45, 7) is 0. The molecule has 0 radical (unpaired) electrons. The molecule has 0 saturated carbocycles. The lowest BCUT2D eigenvalue weighted by molar-refractivity contribution is 0.629. The van der Waals surface area contributed by atoms with Crippen molar-refractivity contribution in [2.24, 2.45) is 0 Å². The molecule has 5 heteroatoms. The van der Waals surface area contributed by atoms with Gasteiger partial charge in [-0.25, -0.2) is 9.37 Å². The first-order valence-corrected chi connectivity index (χ1v) is 4.96. The van der Waals surface area contributed by atoms with Gasteiger partial charge in [-0.1, -0.05) is 11.6 Å². The summed E-state index contributed by atoms with van der Waals surface area (Å²) < 4.78 is 13.1. The predicted molar refractivity (Wildman–Crippen MR) is 63.3 cm³/mol. The Morgan fingerprint density at radius 2 is 1.94 bits per heavy atom. The third kappa shape index (κ3) is 2.41. The zero-order chi connectivity index (χ0) is 11.5. The molecular weight excluding hydrogens is 229 g/mol. The molecule has 0 spiro atoms. The maximum absolute atomic E-state index is 13.1. The number of benzene rings is 1. The highest BCUT2D eigenvalue weighted by Gasteiger charge is 2.01. The Balaban J connectivity index is 2.20. The van der Waals surface area contributed by atoms with Crippen molar-refractivity contribution in [2.45, 2.75) is 0 Å². The molecule has 0 fully saturated rings. The van der Waals surface area contributed by atoms with Crippen LogP contribution in [0.3, 0.4) is 0 Å². The average molecular weight is 238 g/mol. The van der Waals surface area contributed by atoms with Crippen LogP contribution in [0.1, 0.15) is 0 Å². The summed E-state index contributed by atoms with van der Waals surface area (Å²) in [5.41, 5.74) is 6.79. The van der Waals surface area contributed by atoms with E-state index in [-0.39, 0.29) is 5.02 Å². The molecule has 2 aromatic rings. The maximum atomic E-state index is 13.1. The number of hydrogen-bond donors (Lipinski definition) is 2. The topological polar surface area (TPSA) is 50.9 Å². The SMILES string of the molecule is Nc1ccc(Nc2ccc(Cl)c(F)c2)cn1. The zero-order valence-corrected chi connectivity index (χ0v) is 9.00. The van der Waals surface area contributed by atoms with E-state index in [0.717, 1.165) is 5.69 Å². The molecule has 1 heterocycles. The lowest BCUT2D eigenvalue weighted by Gasteiger charge is -2.06. The second kappa shape index (κ2) is 4.37. The van der Waals surface area contributed by atoms with Gasteiger partial charge in [-0.05, 0) is 30.3 Å². The first-order chi connectivity index (χ1) is 7.65. The van der Waals surface area contributed by atoms with Gasteiger partial charge in [0.1, 0.15) is 11.6 Å². The fourth-order valence-corrected chi connectivity index (χ4v) is 1.34. The van der Waals surface area contributed by atoms with E-state index in [1.807, 2.05) is 0 Å². The minimum Gasteiger partial charge on any atom is -0.384 e. The van der Waals surface area contributed by atoms with Crippen molar-refractivity contribution in [1.29, 1.82) is 0 Å². The van der Waals surface area contributed by atoms with Crippen molar-refractivity contribution in [3.8, 4) is 0 Å². The number of nitrogens with zero attached hydrogens (tertiary/aromatic N) is 1. The number of halogens is 2. The lowest BCUT2D eigenvalue weighted by atomic mass is 10.3. The summed E-state index contributed by atoms with van der Waals surface area (Å²) in [5.74, 6) is -0.0251. The molecule has 0 saturated heterocycles. The number of hydrogen-bond acceptors (Lipinski definition) is 3. The van der Waals surface area contributed by atoms with E-state index in [4.69, 9.17) is 17.3 Å². The zero-order valence-electron chi connectivity index (χ0n) is 8.24. The van der Waals surface area contributed by atoms with Gasteiger partial charge in [0.2, 0.25) is 0 Å². The van der Waals surface area contributed by atoms with Gasteiger partial charge < -0.3 is 11.1 Å². The van der Waals surface area contributed by atoms with Crippen LogP contribution in [0.15, 0.2) is 36.5 Å². The van der Waals surface area contributed by atoms with Crippen LogP contribution in [0.25, 0.3) is 0 Å². The van der Waals surface area contributed by atoms with Crippen LogP contribution >= 0.6 is 11.6 Å². The summed E-state index contributed by atoms with van der Waals surface area (Å²) in [4.78, 5) is 3.91. The van der Waals surface area contributed by atoms with E-state index >= 15 is 0 Å². The number of anilines is 3. The Labute approximate surface area is 97.1 Å². The summed E-state index contributed by atoms with van der Waals surface area (Å²) in [7, 11) is 0. The van der Waals surface area contributed by atoms with E-state index in [1.54, 1.807) is 24.4 Å². The van der Waals surface area contributed by atoms with Crippen molar-refractivity contribution >= 4 is 28.8 Å². The van der Waals surface area contributed by atoms with E-state index < -0.39 is 5.82 Å². The Morgan fingerprint density at radius 3 is 2.56 bits per heavy atom. The second-order valence-corrected chi connectivity index (χ2v) is 3.63. The Hall–Kier alpha value is -1.81. The van der Waals surface area contributed by atoms with Gasteiger partial charge in [-0.3, -0.25) is 0 Å². The molecular formula is C11H9ClFN3. The number of nitrogen functional groups attached to an aromatic ring is 1. The molecule has 1 aromatic heterocycles. The summed E-state index contributed by atoms with van der Waals surface area (Å²) in [5, 5.41) is 3.08. The molecule has 0 bridgehead atoms. The Bertz CT molecular complexity index is 499. The minimum absolute atomic E-state index is 0.0981. The molecule has 3 N–H and O–H groups in total. The Kier molecular flexibility index (Phi) is 2.92. The van der Waals surface area contributed by atoms with Gasteiger partial charge >= 0.3 is 0 Å². The van der Waals surface area contributed by atoms with Gasteiger partial charge in [0.25, 0.3) is 0 Å². The normalized spacial score (nSPS) is 10.1. The average Bonchev–Trinajstić information content (AvgIpc) is 2.27. The third-order valence-corrected chi connectivity index (χ3v) is 2.30. The number of nitrogens with one attached hydrogen (secondary N) is 1. The standard InChI is InChI=1S/C11H9ClFN3/c12-9-3-1-7(5-10(9)13)16-8-2-4-11(14)15-6-8/h1-6,16H,(H2,14,15). The summed E-state index contributed by atoms with van der Waals surface area (Å²) >= 11 is 5.57. The van der Waals surface area contributed by atoms with Gasteiger partial charge in [0.15, 0.2) is 0 Å². The summed E-state index contributed by atoms with van der Waals surface area (Å²) in [6, 6.07) is 7.91. The van der Waals surface area contributed by atoms with Crippen LogP contribution in [-0.4, -0.2) is 4.98 Å². The first kappa shape index (κ1) is 10.7. The maximum Gasteiger partial charge on any atom is 0.143 e. The predicted octanol–water partition coefficient (Wildman–Crippen LogP) is 3.20. The summed E-state index contributed by atoms with van der Waals surface area (Å²) in [6.07, 6.45) is 1.57. The van der Waals surface area contributed by atoms with Crippen LogP contribution in [0, 0.1) is 5.82 Å². The van der Waals surface area contributed by atoms with E-state index in [9.17, 15) is 4.39 Å². The van der Waals surface area contributed by atoms with E-state index in [0.29, 0.717) is 11.5 Å². The highest BCUT2D eigenvalue weighted by molar-refractivity contribution is 6.30. The molecule has 1 aromatic carbocycles. The van der Waals surface area contributed by atoms with Crippen molar-refractivity contribution in [3.05, 3.63) is 47.4 Å². The molecule has 0 atom stereocenters. The van der Waals surface area contributed by atoms with Gasteiger partial charge in [0.05, 0.1) is 16.9 Å². The minimum atomic E-state index is -0.463. The van der Waals surface area contributed by atoms with Crippen LogP contribution in [0.2, 0.25) is 5.02 Å². The van der Waals surface area contributed by atoms with Crippen LogP contribution in [0.5, 0.6) is 0 Å². The first-order valence-electron chi connectivity index (χ1n) is 4.59. The molecule has 0 aliphatic carbocycles. The Morgan fingerprint density at radius 1 is 1.19 bits per heavy atom. The number of rotatable bonds is 2.